The molecule has 2 aromatic carbocycles. The molecule has 1 aliphatic rings. The van der Waals surface area contributed by atoms with Crippen LogP contribution in [-0.2, 0) is 11.2 Å². The molecule has 4 rings (SSSR count). The molecular weight excluding hydrogens is 414 g/mol. The number of furan rings is 1. The van der Waals surface area contributed by atoms with E-state index in [1.54, 1.807) is 30.3 Å². The number of nitrogens with zero attached hydrogens (tertiary/aromatic N) is 2. The summed E-state index contributed by atoms with van der Waals surface area (Å²) in [6, 6.07) is 12.7. The summed E-state index contributed by atoms with van der Waals surface area (Å²) in [6.45, 7) is 0.166. The molecule has 1 aliphatic heterocycles. The van der Waals surface area contributed by atoms with Crippen LogP contribution in [0, 0.1) is 10.1 Å². The molecule has 0 fully saturated rings. The van der Waals surface area contributed by atoms with Crippen LogP contribution in [0.15, 0.2) is 58.0 Å². The van der Waals surface area contributed by atoms with E-state index in [1.165, 1.54) is 24.4 Å². The van der Waals surface area contributed by atoms with Gasteiger partial charge in [0.05, 0.1) is 23.1 Å². The number of carbonyl (C=O) groups is 1. The third-order valence-electron chi connectivity index (χ3n) is 4.23. The summed E-state index contributed by atoms with van der Waals surface area (Å²) in [5.41, 5.74) is 3.28. The Morgan fingerprint density at radius 2 is 2.00 bits per heavy atom. The fourth-order valence-electron chi connectivity index (χ4n) is 2.87. The number of nitro benzene ring substituents is 1. The highest BCUT2D eigenvalue weighted by Gasteiger charge is 2.18. The second kappa shape index (κ2) is 8.26. The van der Waals surface area contributed by atoms with Gasteiger partial charge in [-0.2, -0.15) is 5.10 Å². The van der Waals surface area contributed by atoms with E-state index < -0.39 is 4.92 Å². The number of hydrazone groups is 1. The van der Waals surface area contributed by atoms with Gasteiger partial charge in [0.15, 0.2) is 11.5 Å². The van der Waals surface area contributed by atoms with Gasteiger partial charge in [0.25, 0.3) is 5.69 Å². The Balaban J connectivity index is 1.39. The van der Waals surface area contributed by atoms with Crippen LogP contribution in [0.4, 0.5) is 5.69 Å². The van der Waals surface area contributed by atoms with Gasteiger partial charge < -0.3 is 13.9 Å². The van der Waals surface area contributed by atoms with Crippen LogP contribution in [0.1, 0.15) is 11.3 Å². The van der Waals surface area contributed by atoms with E-state index in [2.05, 4.69) is 10.5 Å². The van der Waals surface area contributed by atoms with Gasteiger partial charge >= 0.3 is 0 Å². The Morgan fingerprint density at radius 1 is 1.17 bits per heavy atom. The molecule has 0 radical (unpaired) electrons. The maximum absolute atomic E-state index is 12.1. The molecule has 152 valence electrons. The van der Waals surface area contributed by atoms with E-state index >= 15 is 0 Å². The maximum Gasteiger partial charge on any atom is 0.281 e. The first-order valence-electron chi connectivity index (χ1n) is 8.74. The van der Waals surface area contributed by atoms with Gasteiger partial charge in [-0.1, -0.05) is 17.7 Å². The largest absolute Gasteiger partial charge is 0.455 e. The van der Waals surface area contributed by atoms with E-state index in [9.17, 15) is 14.9 Å². The molecule has 9 nitrogen and oxygen atoms in total. The molecule has 0 spiro atoms. The summed E-state index contributed by atoms with van der Waals surface area (Å²) in [7, 11) is 0. The highest BCUT2D eigenvalue weighted by atomic mass is 35.5. The molecule has 3 aromatic rings. The second-order valence-corrected chi connectivity index (χ2v) is 6.71. The topological polar surface area (TPSA) is 116 Å². The molecule has 1 aromatic heterocycles. The number of carbonyl (C=O) groups excluding carboxylic acids is 1. The van der Waals surface area contributed by atoms with Crippen LogP contribution in [0.3, 0.4) is 0 Å². The quantitative estimate of drug-likeness (QED) is 0.362. The molecule has 2 heterocycles. The number of nitrogens with one attached hydrogen (secondary N) is 1. The smallest absolute Gasteiger partial charge is 0.281 e. The van der Waals surface area contributed by atoms with Gasteiger partial charge in [-0.3, -0.25) is 14.9 Å². The van der Waals surface area contributed by atoms with Crippen LogP contribution >= 0.6 is 11.6 Å². The summed E-state index contributed by atoms with van der Waals surface area (Å²) < 4.78 is 16.1. The Bertz CT molecular complexity index is 1160. The lowest BCUT2D eigenvalue weighted by Gasteiger charge is -2.02. The standard InChI is InChI=1S/C20H14ClN3O6/c21-13-2-4-15(16(9-13)24(26)27)17-6-3-14(30-17)10-22-23-20(25)8-12-1-5-18-19(7-12)29-11-28-18/h1-7,9-10H,8,11H2,(H,23,25)/b22-10-. The molecule has 1 amide bonds. The third kappa shape index (κ3) is 4.26. The summed E-state index contributed by atoms with van der Waals surface area (Å²) in [5, 5.41) is 15.3. The zero-order chi connectivity index (χ0) is 21.1. The number of nitro groups is 1. The van der Waals surface area contributed by atoms with Crippen molar-refractivity contribution in [3.05, 3.63) is 75.0 Å². The van der Waals surface area contributed by atoms with Crippen LogP contribution < -0.4 is 14.9 Å². The fraction of sp³-hybridized carbons (Fsp3) is 0.100. The third-order valence-corrected chi connectivity index (χ3v) is 4.47. The van der Waals surface area contributed by atoms with Gasteiger partial charge in [-0.05, 0) is 42.0 Å². The maximum atomic E-state index is 12.1. The fourth-order valence-corrected chi connectivity index (χ4v) is 3.04. The highest BCUT2D eigenvalue weighted by Crippen LogP contribution is 2.33. The molecule has 10 heteroatoms. The van der Waals surface area contributed by atoms with Crippen molar-refractivity contribution in [2.24, 2.45) is 5.10 Å². The number of ether oxygens (including phenoxy) is 2. The SMILES string of the molecule is O=C(Cc1ccc2c(c1)OCO2)N/N=C\c1ccc(-c2ccc(Cl)cc2[N+](=O)[O-])o1. The van der Waals surface area contributed by atoms with Gasteiger partial charge in [0, 0.05) is 11.1 Å². The Hall–Kier alpha value is -3.85. The minimum Gasteiger partial charge on any atom is -0.455 e. The molecule has 1 N–H and O–H groups in total. The van der Waals surface area contributed by atoms with Crippen molar-refractivity contribution in [3.8, 4) is 22.8 Å². The highest BCUT2D eigenvalue weighted by molar-refractivity contribution is 6.30. The van der Waals surface area contributed by atoms with Crippen molar-refractivity contribution < 1.29 is 23.6 Å². The first kappa shape index (κ1) is 19.5. The van der Waals surface area contributed by atoms with Crippen molar-refractivity contribution in [1.29, 1.82) is 0 Å². The van der Waals surface area contributed by atoms with Crippen LogP contribution in [-0.4, -0.2) is 23.8 Å². The lowest BCUT2D eigenvalue weighted by atomic mass is 10.1. The van der Waals surface area contributed by atoms with Crippen LogP contribution in [0.5, 0.6) is 11.5 Å². The molecule has 0 aliphatic carbocycles. The van der Waals surface area contributed by atoms with E-state index in [1.807, 2.05) is 0 Å². The molecule has 0 bridgehead atoms. The molecule has 0 saturated heterocycles. The summed E-state index contributed by atoms with van der Waals surface area (Å²) in [4.78, 5) is 22.8. The lowest BCUT2D eigenvalue weighted by Crippen LogP contribution is -2.19. The van der Waals surface area contributed by atoms with Gasteiger partial charge in [-0.25, -0.2) is 5.43 Å². The number of halogens is 1. The van der Waals surface area contributed by atoms with E-state index in [0.717, 1.165) is 5.56 Å². The average molecular weight is 428 g/mol. The number of hydrogen-bond donors (Lipinski definition) is 1. The second-order valence-electron chi connectivity index (χ2n) is 6.28. The van der Waals surface area contributed by atoms with E-state index in [4.69, 9.17) is 25.5 Å². The zero-order valence-corrected chi connectivity index (χ0v) is 16.1. The Kier molecular flexibility index (Phi) is 5.36. The molecule has 0 saturated carbocycles. The summed E-state index contributed by atoms with van der Waals surface area (Å²) in [5.74, 6) is 1.52. The van der Waals surface area contributed by atoms with Crippen molar-refractivity contribution in [2.45, 2.75) is 6.42 Å². The van der Waals surface area contributed by atoms with Crippen molar-refractivity contribution >= 4 is 29.4 Å². The first-order valence-corrected chi connectivity index (χ1v) is 9.12. The average Bonchev–Trinajstić information content (AvgIpc) is 3.37. The normalized spacial score (nSPS) is 12.3. The number of hydrogen-bond acceptors (Lipinski definition) is 7. The Labute approximate surface area is 175 Å². The van der Waals surface area contributed by atoms with Crippen LogP contribution in [0.25, 0.3) is 11.3 Å². The first-order chi connectivity index (χ1) is 14.5. The summed E-state index contributed by atoms with van der Waals surface area (Å²) in [6.07, 6.45) is 1.41. The summed E-state index contributed by atoms with van der Waals surface area (Å²) >= 11 is 5.83. The number of fused-ring (bicyclic) bond motifs is 1. The number of rotatable bonds is 6. The molecular formula is C20H14ClN3O6. The Morgan fingerprint density at radius 3 is 2.83 bits per heavy atom. The van der Waals surface area contributed by atoms with Gasteiger partial charge in [0.1, 0.15) is 11.5 Å². The minimum atomic E-state index is -0.534. The number of benzene rings is 2. The molecule has 30 heavy (non-hydrogen) atoms. The zero-order valence-electron chi connectivity index (χ0n) is 15.3. The van der Waals surface area contributed by atoms with E-state index in [0.29, 0.717) is 17.3 Å². The minimum absolute atomic E-state index is 0.106. The van der Waals surface area contributed by atoms with Gasteiger partial charge in [0.2, 0.25) is 12.7 Å². The van der Waals surface area contributed by atoms with E-state index in [-0.39, 0.29) is 41.2 Å². The van der Waals surface area contributed by atoms with Crippen molar-refractivity contribution in [1.82, 2.24) is 5.43 Å². The predicted molar refractivity (Wildman–Crippen MR) is 108 cm³/mol. The predicted octanol–water partition coefficient (Wildman–Crippen LogP) is 3.93. The monoisotopic (exact) mass is 427 g/mol. The number of amides is 1. The molecule has 0 atom stereocenters. The van der Waals surface area contributed by atoms with Crippen molar-refractivity contribution in [3.63, 3.8) is 0 Å². The molecule has 0 unspecified atom stereocenters. The van der Waals surface area contributed by atoms with Gasteiger partial charge in [-0.15, -0.1) is 0 Å². The van der Waals surface area contributed by atoms with Crippen molar-refractivity contribution in [2.75, 3.05) is 6.79 Å². The lowest BCUT2D eigenvalue weighted by molar-refractivity contribution is -0.384. The van der Waals surface area contributed by atoms with Crippen LogP contribution in [0.2, 0.25) is 5.02 Å².